The van der Waals surface area contributed by atoms with Crippen molar-refractivity contribution in [3.05, 3.63) is 0 Å². The van der Waals surface area contributed by atoms with Gasteiger partial charge in [-0.25, -0.2) is 0 Å². The van der Waals surface area contributed by atoms with E-state index in [-0.39, 0.29) is 0 Å². The van der Waals surface area contributed by atoms with Crippen molar-refractivity contribution in [3.8, 4) is 0 Å². The summed E-state index contributed by atoms with van der Waals surface area (Å²) in [5, 5.41) is 0.521. The fraction of sp³-hybridized carbons (Fsp3) is 1.00. The SMILES string of the molecule is ClC1CCCCC1C1CC2CCC1C2. The summed E-state index contributed by atoms with van der Waals surface area (Å²) in [7, 11) is 0. The average Bonchev–Trinajstić information content (AvgIpc) is 2.79. The van der Waals surface area contributed by atoms with Crippen LogP contribution >= 0.6 is 11.6 Å². The third-order valence-electron chi connectivity index (χ3n) is 5.07. The van der Waals surface area contributed by atoms with Gasteiger partial charge in [-0.05, 0) is 55.8 Å². The fourth-order valence-electron chi connectivity index (χ4n) is 4.41. The molecule has 14 heavy (non-hydrogen) atoms. The minimum atomic E-state index is 0.521. The Morgan fingerprint density at radius 3 is 2.29 bits per heavy atom. The third kappa shape index (κ3) is 1.50. The van der Waals surface area contributed by atoms with Crippen molar-refractivity contribution in [1.82, 2.24) is 0 Å². The highest BCUT2D eigenvalue weighted by Crippen LogP contribution is 2.54. The van der Waals surface area contributed by atoms with Crippen LogP contribution in [0.15, 0.2) is 0 Å². The lowest BCUT2D eigenvalue weighted by atomic mass is 9.72. The van der Waals surface area contributed by atoms with E-state index in [1.54, 1.807) is 6.42 Å². The highest BCUT2D eigenvalue weighted by Gasteiger charge is 2.44. The summed E-state index contributed by atoms with van der Waals surface area (Å²) in [4.78, 5) is 0. The Morgan fingerprint density at radius 1 is 0.786 bits per heavy atom. The highest BCUT2D eigenvalue weighted by atomic mass is 35.5. The number of hydrogen-bond acceptors (Lipinski definition) is 0. The molecule has 5 unspecified atom stereocenters. The maximum atomic E-state index is 6.50. The van der Waals surface area contributed by atoms with Crippen molar-refractivity contribution in [2.24, 2.45) is 23.7 Å². The molecule has 80 valence electrons. The van der Waals surface area contributed by atoms with Crippen molar-refractivity contribution in [2.75, 3.05) is 0 Å². The molecular weight excluding hydrogens is 192 g/mol. The van der Waals surface area contributed by atoms with Gasteiger partial charge in [-0.3, -0.25) is 0 Å². The van der Waals surface area contributed by atoms with Gasteiger partial charge in [-0.15, -0.1) is 11.6 Å². The summed E-state index contributed by atoms with van der Waals surface area (Å²) in [5.74, 6) is 4.08. The van der Waals surface area contributed by atoms with Gasteiger partial charge >= 0.3 is 0 Å². The number of halogens is 1. The monoisotopic (exact) mass is 212 g/mol. The first-order chi connectivity index (χ1) is 6.84. The fourth-order valence-corrected chi connectivity index (χ4v) is 4.88. The van der Waals surface area contributed by atoms with E-state index >= 15 is 0 Å². The number of hydrogen-bond donors (Lipinski definition) is 0. The molecule has 5 atom stereocenters. The van der Waals surface area contributed by atoms with Crippen LogP contribution in [0.3, 0.4) is 0 Å². The van der Waals surface area contributed by atoms with Crippen LogP contribution in [0.25, 0.3) is 0 Å². The third-order valence-corrected chi connectivity index (χ3v) is 5.62. The molecule has 0 heterocycles. The highest BCUT2D eigenvalue weighted by molar-refractivity contribution is 6.20. The maximum absolute atomic E-state index is 6.50. The van der Waals surface area contributed by atoms with E-state index in [2.05, 4.69) is 0 Å². The molecule has 2 bridgehead atoms. The van der Waals surface area contributed by atoms with E-state index in [1.807, 2.05) is 0 Å². The lowest BCUT2D eigenvalue weighted by molar-refractivity contribution is 0.183. The second kappa shape index (κ2) is 3.70. The van der Waals surface area contributed by atoms with Gasteiger partial charge < -0.3 is 0 Å². The Bertz CT molecular complexity index is 213. The standard InChI is InChI=1S/C13H21Cl/c14-13-4-2-1-3-11(13)12-8-9-5-6-10(12)7-9/h9-13H,1-8H2. The van der Waals surface area contributed by atoms with Crippen LogP contribution in [0.1, 0.15) is 51.4 Å². The average molecular weight is 213 g/mol. The van der Waals surface area contributed by atoms with Crippen molar-refractivity contribution in [1.29, 1.82) is 0 Å². The Kier molecular flexibility index (Phi) is 2.51. The molecular formula is C13H21Cl. The van der Waals surface area contributed by atoms with Crippen LogP contribution in [-0.2, 0) is 0 Å². The van der Waals surface area contributed by atoms with E-state index in [4.69, 9.17) is 11.6 Å². The van der Waals surface area contributed by atoms with Crippen molar-refractivity contribution in [3.63, 3.8) is 0 Å². The predicted molar refractivity (Wildman–Crippen MR) is 60.5 cm³/mol. The summed E-state index contributed by atoms with van der Waals surface area (Å²) in [6.07, 6.45) is 11.7. The van der Waals surface area contributed by atoms with Crippen LogP contribution in [-0.4, -0.2) is 5.38 Å². The summed E-state index contributed by atoms with van der Waals surface area (Å²) in [6.45, 7) is 0. The number of rotatable bonds is 1. The molecule has 0 spiro atoms. The van der Waals surface area contributed by atoms with Crippen molar-refractivity contribution in [2.45, 2.75) is 56.7 Å². The second-order valence-electron chi connectivity index (χ2n) is 5.80. The van der Waals surface area contributed by atoms with Crippen LogP contribution in [0, 0.1) is 23.7 Å². The first-order valence-electron chi connectivity index (χ1n) is 6.48. The Hall–Kier alpha value is 0.290. The van der Waals surface area contributed by atoms with Crippen molar-refractivity contribution < 1.29 is 0 Å². The van der Waals surface area contributed by atoms with Gasteiger partial charge in [0.15, 0.2) is 0 Å². The predicted octanol–water partition coefficient (Wildman–Crippen LogP) is 4.22. The van der Waals surface area contributed by atoms with Gasteiger partial charge in [0.25, 0.3) is 0 Å². The first kappa shape index (κ1) is 9.51. The molecule has 3 rings (SSSR count). The summed E-state index contributed by atoms with van der Waals surface area (Å²) in [6, 6.07) is 0. The topological polar surface area (TPSA) is 0 Å². The lowest BCUT2D eigenvalue weighted by Gasteiger charge is -2.36. The normalized spacial score (nSPS) is 52.5. The summed E-state index contributed by atoms with van der Waals surface area (Å²) < 4.78 is 0. The molecule has 0 N–H and O–H groups in total. The number of fused-ring (bicyclic) bond motifs is 2. The summed E-state index contributed by atoms with van der Waals surface area (Å²) in [5.41, 5.74) is 0. The smallest absolute Gasteiger partial charge is 0.0367 e. The molecule has 3 aliphatic rings. The maximum Gasteiger partial charge on any atom is 0.0367 e. The van der Waals surface area contributed by atoms with E-state index in [9.17, 15) is 0 Å². The van der Waals surface area contributed by atoms with Crippen molar-refractivity contribution >= 4 is 11.6 Å². The molecule has 0 aromatic carbocycles. The van der Waals surface area contributed by atoms with E-state index in [0.29, 0.717) is 5.38 Å². The molecule has 0 amide bonds. The molecule has 3 fully saturated rings. The van der Waals surface area contributed by atoms with E-state index < -0.39 is 0 Å². The minimum Gasteiger partial charge on any atom is -0.123 e. The Labute approximate surface area is 92.4 Å². The van der Waals surface area contributed by atoms with E-state index in [1.165, 1.54) is 44.9 Å². The molecule has 1 heteroatoms. The van der Waals surface area contributed by atoms with Crippen LogP contribution in [0.5, 0.6) is 0 Å². The largest absolute Gasteiger partial charge is 0.123 e. The zero-order valence-electron chi connectivity index (χ0n) is 8.92. The Morgan fingerprint density at radius 2 is 1.64 bits per heavy atom. The molecule has 0 saturated heterocycles. The summed E-state index contributed by atoms with van der Waals surface area (Å²) >= 11 is 6.50. The molecule has 0 aromatic rings. The second-order valence-corrected chi connectivity index (χ2v) is 6.36. The molecule has 0 aliphatic heterocycles. The molecule has 3 aliphatic carbocycles. The van der Waals surface area contributed by atoms with Crippen LogP contribution in [0.4, 0.5) is 0 Å². The number of alkyl halides is 1. The first-order valence-corrected chi connectivity index (χ1v) is 6.92. The zero-order valence-corrected chi connectivity index (χ0v) is 9.68. The van der Waals surface area contributed by atoms with Gasteiger partial charge in [0.2, 0.25) is 0 Å². The van der Waals surface area contributed by atoms with Gasteiger partial charge in [-0.1, -0.05) is 19.3 Å². The van der Waals surface area contributed by atoms with Gasteiger partial charge in [0.05, 0.1) is 0 Å². The zero-order chi connectivity index (χ0) is 9.54. The van der Waals surface area contributed by atoms with Gasteiger partial charge in [0.1, 0.15) is 0 Å². The molecule has 3 saturated carbocycles. The van der Waals surface area contributed by atoms with Crippen LogP contribution < -0.4 is 0 Å². The molecule has 0 radical (unpaired) electrons. The van der Waals surface area contributed by atoms with Crippen LogP contribution in [0.2, 0.25) is 0 Å². The quantitative estimate of drug-likeness (QED) is 0.571. The van der Waals surface area contributed by atoms with Gasteiger partial charge in [0, 0.05) is 5.38 Å². The van der Waals surface area contributed by atoms with Gasteiger partial charge in [-0.2, -0.15) is 0 Å². The Balaban J connectivity index is 1.69. The minimum absolute atomic E-state index is 0.521. The van der Waals surface area contributed by atoms with E-state index in [0.717, 1.165) is 23.7 Å². The lowest BCUT2D eigenvalue weighted by Crippen LogP contribution is -2.30. The molecule has 0 nitrogen and oxygen atoms in total. The molecule has 0 aromatic heterocycles.